The average Bonchev–Trinajstić information content (AvgIpc) is 3.24. The minimum atomic E-state index is -3.54. The molecule has 1 fully saturated rings. The molecular weight excluding hydrogens is 537 g/mol. The van der Waals surface area contributed by atoms with Crippen LogP contribution in [-0.2, 0) is 9.84 Å². The second-order valence-electron chi connectivity index (χ2n) is 9.05. The van der Waals surface area contributed by atoms with E-state index in [1.165, 1.54) is 18.6 Å². The van der Waals surface area contributed by atoms with E-state index in [4.69, 9.17) is 32.7 Å². The van der Waals surface area contributed by atoms with Crippen LogP contribution in [0.4, 0.5) is 5.82 Å². The Morgan fingerprint density at radius 3 is 2.46 bits per heavy atom. The number of hydrogen-bond donors (Lipinski definition) is 1. The van der Waals surface area contributed by atoms with Gasteiger partial charge in [0.1, 0.15) is 22.5 Å². The molecule has 1 unspecified atom stereocenters. The molecule has 1 N–H and O–H groups in total. The number of fused-ring (bicyclic) bond motifs is 1. The van der Waals surface area contributed by atoms with Gasteiger partial charge >= 0.3 is 0 Å². The lowest BCUT2D eigenvalue weighted by Crippen LogP contribution is -2.46. The number of anilines is 1. The molecule has 1 aliphatic rings. The van der Waals surface area contributed by atoms with Crippen LogP contribution in [0.15, 0.2) is 41.7 Å². The summed E-state index contributed by atoms with van der Waals surface area (Å²) in [6.07, 6.45) is 6.34. The number of rotatable bonds is 7. The molecule has 2 atom stereocenters. The van der Waals surface area contributed by atoms with Crippen molar-refractivity contribution in [1.29, 1.82) is 0 Å². The molecule has 4 aromatic rings. The summed E-state index contributed by atoms with van der Waals surface area (Å²) in [6, 6.07) is 5.42. The van der Waals surface area contributed by atoms with Crippen LogP contribution in [0.2, 0.25) is 10.0 Å². The lowest BCUT2D eigenvalue weighted by molar-refractivity contribution is 0.216. The van der Waals surface area contributed by atoms with Crippen LogP contribution >= 0.6 is 23.2 Å². The van der Waals surface area contributed by atoms with Gasteiger partial charge < -0.3 is 14.4 Å². The average molecular weight is 562 g/mol. The van der Waals surface area contributed by atoms with Crippen LogP contribution in [0.5, 0.6) is 11.5 Å². The highest BCUT2D eigenvalue weighted by atomic mass is 35.5. The number of pyridine rings is 2. The summed E-state index contributed by atoms with van der Waals surface area (Å²) in [5.41, 5.74) is 2.39. The third-order valence-corrected chi connectivity index (χ3v) is 8.25. The Bertz CT molecular complexity index is 1590. The second-order valence-corrected chi connectivity index (χ2v) is 11.8. The van der Waals surface area contributed by atoms with Crippen molar-refractivity contribution >= 4 is 49.8 Å². The molecule has 37 heavy (non-hydrogen) atoms. The van der Waals surface area contributed by atoms with Crippen LogP contribution in [-0.4, -0.2) is 54.5 Å². The minimum absolute atomic E-state index is 0.174. The smallest absolute Gasteiger partial charge is 0.179 e. The molecule has 4 heterocycles. The van der Waals surface area contributed by atoms with Crippen LogP contribution in [0, 0.1) is 0 Å². The van der Waals surface area contributed by atoms with Crippen LogP contribution < -0.4 is 14.4 Å². The van der Waals surface area contributed by atoms with Gasteiger partial charge in [0.25, 0.3) is 0 Å². The normalized spacial score (nSPS) is 16.5. The fourth-order valence-corrected chi connectivity index (χ4v) is 5.96. The maximum atomic E-state index is 12.7. The molecule has 5 rings (SSSR count). The number of benzene rings is 1. The third kappa shape index (κ3) is 4.69. The standard InChI is InChI=1S/C25H25Cl2N5O4S/c1-13-5-6-32(13)25-22(37(4,33)34)7-15(10-29-25)24-16-8-21(20(35-3)9-19(16)30-31-24)36-14(2)23-17(26)11-28-12-18(23)27/h7-14H,5-6H2,1-4H3,(H,30,31)/t13?,14-/m1/s1. The summed E-state index contributed by atoms with van der Waals surface area (Å²) in [7, 11) is -1.99. The monoisotopic (exact) mass is 561 g/mol. The first kappa shape index (κ1) is 25.6. The topological polar surface area (TPSA) is 110 Å². The summed E-state index contributed by atoms with van der Waals surface area (Å²) in [5, 5.41) is 8.94. The van der Waals surface area contributed by atoms with E-state index in [1.54, 1.807) is 31.5 Å². The molecule has 1 saturated heterocycles. The minimum Gasteiger partial charge on any atom is -0.493 e. The van der Waals surface area contributed by atoms with E-state index in [1.807, 2.05) is 11.8 Å². The summed E-state index contributed by atoms with van der Waals surface area (Å²) in [6.45, 7) is 4.64. The zero-order valence-electron chi connectivity index (χ0n) is 20.6. The van der Waals surface area contributed by atoms with Gasteiger partial charge in [-0.3, -0.25) is 10.1 Å². The first-order valence-electron chi connectivity index (χ1n) is 11.6. The van der Waals surface area contributed by atoms with Crippen molar-refractivity contribution in [1.82, 2.24) is 20.2 Å². The number of methoxy groups -OCH3 is 1. The molecule has 12 heteroatoms. The quantitative estimate of drug-likeness (QED) is 0.316. The summed E-state index contributed by atoms with van der Waals surface area (Å²) in [5.74, 6) is 1.39. The number of sulfone groups is 1. The third-order valence-electron chi connectivity index (χ3n) is 6.55. The Morgan fingerprint density at radius 2 is 1.86 bits per heavy atom. The highest BCUT2D eigenvalue weighted by Gasteiger charge is 2.30. The Labute approximate surface area is 224 Å². The van der Waals surface area contributed by atoms with Gasteiger partial charge in [-0.15, -0.1) is 0 Å². The van der Waals surface area contributed by atoms with E-state index in [0.717, 1.165) is 13.0 Å². The predicted molar refractivity (Wildman–Crippen MR) is 144 cm³/mol. The molecule has 0 amide bonds. The molecule has 194 valence electrons. The Hall–Kier alpha value is -3.08. The first-order valence-corrected chi connectivity index (χ1v) is 14.2. The van der Waals surface area contributed by atoms with Crippen molar-refractivity contribution in [2.75, 3.05) is 24.8 Å². The van der Waals surface area contributed by atoms with E-state index < -0.39 is 15.9 Å². The molecule has 0 saturated carbocycles. The second kappa shape index (κ2) is 9.66. The predicted octanol–water partition coefficient (Wildman–Crippen LogP) is 5.48. The first-order chi connectivity index (χ1) is 17.6. The number of nitrogens with zero attached hydrogens (tertiary/aromatic N) is 4. The van der Waals surface area contributed by atoms with Gasteiger partial charge in [0.05, 0.1) is 22.7 Å². The van der Waals surface area contributed by atoms with Gasteiger partial charge in [0.15, 0.2) is 21.3 Å². The van der Waals surface area contributed by atoms with E-state index in [-0.39, 0.29) is 10.9 Å². The molecule has 0 aliphatic carbocycles. The van der Waals surface area contributed by atoms with Crippen molar-refractivity contribution in [2.45, 2.75) is 37.3 Å². The molecule has 1 aromatic carbocycles. The molecule has 1 aliphatic heterocycles. The van der Waals surface area contributed by atoms with Crippen molar-refractivity contribution < 1.29 is 17.9 Å². The SMILES string of the molecule is COc1cc2[nH]nc(-c3cnc(N4CCC4C)c(S(C)(=O)=O)c3)c2cc1O[C@H](C)c1c(Cl)cncc1Cl. The van der Waals surface area contributed by atoms with Gasteiger partial charge in [-0.1, -0.05) is 23.2 Å². The van der Waals surface area contributed by atoms with E-state index in [0.29, 0.717) is 55.1 Å². The van der Waals surface area contributed by atoms with Gasteiger partial charge in [-0.05, 0) is 32.4 Å². The molecule has 3 aromatic heterocycles. The molecule has 0 spiro atoms. The van der Waals surface area contributed by atoms with Crippen molar-refractivity contribution in [3.05, 3.63) is 52.4 Å². The molecular formula is C25H25Cl2N5O4S. The number of ether oxygens (including phenoxy) is 2. The maximum absolute atomic E-state index is 12.7. The largest absolute Gasteiger partial charge is 0.493 e. The summed E-state index contributed by atoms with van der Waals surface area (Å²) < 4.78 is 37.1. The Kier molecular flexibility index (Phi) is 6.68. The van der Waals surface area contributed by atoms with Crippen molar-refractivity contribution in [3.63, 3.8) is 0 Å². The van der Waals surface area contributed by atoms with Crippen LogP contribution in [0.3, 0.4) is 0 Å². The van der Waals surface area contributed by atoms with Crippen molar-refractivity contribution in [3.8, 4) is 22.8 Å². The fraction of sp³-hybridized carbons (Fsp3) is 0.320. The summed E-state index contributed by atoms with van der Waals surface area (Å²) >= 11 is 12.6. The highest BCUT2D eigenvalue weighted by Crippen LogP contribution is 2.41. The summed E-state index contributed by atoms with van der Waals surface area (Å²) in [4.78, 5) is 10.7. The zero-order chi connectivity index (χ0) is 26.5. The highest BCUT2D eigenvalue weighted by molar-refractivity contribution is 7.90. The Morgan fingerprint density at radius 1 is 1.14 bits per heavy atom. The van der Waals surface area contributed by atoms with Gasteiger partial charge in [-0.25, -0.2) is 13.4 Å². The number of hydrogen-bond acceptors (Lipinski definition) is 8. The van der Waals surface area contributed by atoms with Crippen molar-refractivity contribution in [2.24, 2.45) is 0 Å². The maximum Gasteiger partial charge on any atom is 0.179 e. The number of aromatic amines is 1. The lowest BCUT2D eigenvalue weighted by Gasteiger charge is -2.40. The van der Waals surface area contributed by atoms with E-state index in [2.05, 4.69) is 27.1 Å². The number of H-pyrrole nitrogens is 1. The van der Waals surface area contributed by atoms with Gasteiger partial charge in [0, 0.05) is 60.0 Å². The van der Waals surface area contributed by atoms with Crippen LogP contribution in [0.25, 0.3) is 22.2 Å². The zero-order valence-corrected chi connectivity index (χ0v) is 22.9. The fourth-order valence-electron chi connectivity index (χ4n) is 4.44. The lowest BCUT2D eigenvalue weighted by atomic mass is 10.0. The van der Waals surface area contributed by atoms with E-state index in [9.17, 15) is 8.42 Å². The number of halogens is 2. The van der Waals surface area contributed by atoms with Gasteiger partial charge in [0.2, 0.25) is 0 Å². The number of nitrogens with one attached hydrogen (secondary N) is 1. The molecule has 9 nitrogen and oxygen atoms in total. The molecule has 0 bridgehead atoms. The van der Waals surface area contributed by atoms with Gasteiger partial charge in [-0.2, -0.15) is 5.10 Å². The number of aromatic nitrogens is 4. The Balaban J connectivity index is 1.58. The molecule has 0 radical (unpaired) electrons. The van der Waals surface area contributed by atoms with Crippen LogP contribution in [0.1, 0.15) is 31.9 Å². The van der Waals surface area contributed by atoms with E-state index >= 15 is 0 Å².